The molecule has 0 saturated heterocycles. The average molecular weight is 379 g/mol. The lowest BCUT2D eigenvalue weighted by atomic mass is 10.1. The van der Waals surface area contributed by atoms with Crippen molar-refractivity contribution in [3.63, 3.8) is 0 Å². The second-order valence-corrected chi connectivity index (χ2v) is 8.29. The number of nitrogens with zero attached hydrogens (tertiary/aromatic N) is 4. The Kier molecular flexibility index (Phi) is 4.45. The van der Waals surface area contributed by atoms with Crippen LogP contribution in [0.15, 0.2) is 42.9 Å². The molecule has 3 aromatic rings. The van der Waals surface area contributed by atoms with Crippen molar-refractivity contribution in [2.45, 2.75) is 38.2 Å². The topological polar surface area (TPSA) is 72.8 Å². The van der Waals surface area contributed by atoms with Crippen molar-refractivity contribution in [1.82, 2.24) is 19.9 Å². The Morgan fingerprint density at radius 2 is 2.00 bits per heavy atom. The largest absolute Gasteiger partial charge is 0.460 e. The predicted octanol–water partition coefficient (Wildman–Crippen LogP) is 4.70. The third kappa shape index (κ3) is 3.93. The molecule has 3 atom stereocenters. The number of rotatable bonds is 5. The highest BCUT2D eigenvalue weighted by Crippen LogP contribution is 2.48. The number of nitrogens with one attached hydrogen (secondary N) is 1. The molecule has 138 valence electrons. The van der Waals surface area contributed by atoms with Crippen LogP contribution in [0.25, 0.3) is 10.6 Å². The monoisotopic (exact) mass is 379 g/mol. The highest BCUT2D eigenvalue weighted by Gasteiger charge is 2.40. The average Bonchev–Trinajstić information content (AvgIpc) is 3.30. The summed E-state index contributed by atoms with van der Waals surface area (Å²) in [4.78, 5) is 18.6. The van der Waals surface area contributed by atoms with E-state index in [4.69, 9.17) is 4.74 Å². The summed E-state index contributed by atoms with van der Waals surface area (Å²) in [5.74, 6) is 2.59. The van der Waals surface area contributed by atoms with Crippen LogP contribution >= 0.6 is 11.3 Å². The summed E-state index contributed by atoms with van der Waals surface area (Å²) < 4.78 is 6.13. The summed E-state index contributed by atoms with van der Waals surface area (Å²) in [6.07, 6.45) is 11.8. The molecule has 27 heavy (non-hydrogen) atoms. The fourth-order valence-corrected chi connectivity index (χ4v) is 4.60. The fourth-order valence-electron chi connectivity index (χ4n) is 3.80. The van der Waals surface area contributed by atoms with Gasteiger partial charge in [-0.25, -0.2) is 15.0 Å². The smallest absolute Gasteiger partial charge is 0.317 e. The minimum atomic E-state index is 0.251. The van der Waals surface area contributed by atoms with E-state index < -0.39 is 0 Å². The summed E-state index contributed by atoms with van der Waals surface area (Å²) in [7, 11) is 0. The molecule has 7 heteroatoms. The molecule has 0 aliphatic heterocycles. The first-order chi connectivity index (χ1) is 13.3. The molecule has 6 nitrogen and oxygen atoms in total. The number of hydrogen-bond donors (Lipinski definition) is 1. The van der Waals surface area contributed by atoms with Crippen molar-refractivity contribution in [2.75, 3.05) is 5.32 Å². The molecule has 0 amide bonds. The summed E-state index contributed by atoms with van der Waals surface area (Å²) in [6.45, 7) is 0. The van der Waals surface area contributed by atoms with Gasteiger partial charge < -0.3 is 10.1 Å². The van der Waals surface area contributed by atoms with Crippen molar-refractivity contribution >= 4 is 22.3 Å². The van der Waals surface area contributed by atoms with E-state index in [1.54, 1.807) is 12.4 Å². The zero-order valence-electron chi connectivity index (χ0n) is 14.9. The van der Waals surface area contributed by atoms with Crippen LogP contribution in [0.1, 0.15) is 32.1 Å². The van der Waals surface area contributed by atoms with Gasteiger partial charge in [0.2, 0.25) is 0 Å². The molecule has 1 N–H and O–H groups in total. The molecule has 2 fully saturated rings. The Morgan fingerprint density at radius 1 is 1.00 bits per heavy atom. The molecule has 2 saturated carbocycles. The van der Waals surface area contributed by atoms with Crippen molar-refractivity contribution < 1.29 is 4.74 Å². The lowest BCUT2D eigenvalue weighted by molar-refractivity contribution is 0.162. The van der Waals surface area contributed by atoms with E-state index in [9.17, 15) is 0 Å². The van der Waals surface area contributed by atoms with Crippen LogP contribution in [-0.4, -0.2) is 26.0 Å². The first-order valence-electron chi connectivity index (χ1n) is 9.47. The molecule has 0 bridgehead atoms. The Balaban J connectivity index is 1.29. The maximum absolute atomic E-state index is 6.13. The molecule has 5 rings (SSSR count). The molecule has 0 aromatic carbocycles. The van der Waals surface area contributed by atoms with Crippen LogP contribution in [0, 0.1) is 11.8 Å². The summed E-state index contributed by atoms with van der Waals surface area (Å²) in [5, 5.41) is 4.00. The van der Waals surface area contributed by atoms with Gasteiger partial charge in [-0.2, -0.15) is 4.98 Å². The van der Waals surface area contributed by atoms with Gasteiger partial charge in [-0.05, 0) is 55.7 Å². The molecule has 2 aliphatic carbocycles. The number of thiazole rings is 1. The molecule has 2 aliphatic rings. The van der Waals surface area contributed by atoms with Gasteiger partial charge in [-0.3, -0.25) is 0 Å². The molecule has 3 aromatic heterocycles. The van der Waals surface area contributed by atoms with E-state index in [-0.39, 0.29) is 6.10 Å². The van der Waals surface area contributed by atoms with Gasteiger partial charge in [-0.1, -0.05) is 23.8 Å². The van der Waals surface area contributed by atoms with E-state index in [0.717, 1.165) is 46.2 Å². The van der Waals surface area contributed by atoms with Gasteiger partial charge in [0.25, 0.3) is 0 Å². The number of pyridine rings is 1. The lowest BCUT2D eigenvalue weighted by Gasteiger charge is -2.16. The van der Waals surface area contributed by atoms with Gasteiger partial charge in [0.15, 0.2) is 5.13 Å². The second kappa shape index (κ2) is 7.23. The summed E-state index contributed by atoms with van der Waals surface area (Å²) in [5.41, 5.74) is 0.837. The second-order valence-electron chi connectivity index (χ2n) is 7.26. The zero-order valence-corrected chi connectivity index (χ0v) is 15.7. The van der Waals surface area contributed by atoms with Gasteiger partial charge in [0.05, 0.1) is 10.6 Å². The standard InChI is InChI=1S/C20H21N5OS/c1-2-8-21-18(6-1)25-20-23-12-17(27-20)16-7-9-22-19(24-16)26-15-5-3-4-13-10-14(13)11-15/h1-2,6-9,12-15H,3-5,10-11H2,(H,21,23,25). The van der Waals surface area contributed by atoms with Crippen molar-refractivity contribution in [3.8, 4) is 16.6 Å². The maximum Gasteiger partial charge on any atom is 0.317 e. The van der Waals surface area contributed by atoms with E-state index in [0.29, 0.717) is 6.01 Å². The lowest BCUT2D eigenvalue weighted by Crippen LogP contribution is -2.18. The van der Waals surface area contributed by atoms with Gasteiger partial charge in [0, 0.05) is 18.6 Å². The summed E-state index contributed by atoms with van der Waals surface area (Å²) >= 11 is 1.54. The van der Waals surface area contributed by atoms with Gasteiger partial charge in [0.1, 0.15) is 11.9 Å². The highest BCUT2D eigenvalue weighted by molar-refractivity contribution is 7.18. The minimum absolute atomic E-state index is 0.251. The first-order valence-corrected chi connectivity index (χ1v) is 10.3. The van der Waals surface area contributed by atoms with Crippen LogP contribution in [0.5, 0.6) is 6.01 Å². The quantitative estimate of drug-likeness (QED) is 0.693. The SMILES string of the molecule is c1ccc(Nc2ncc(-c3ccnc(OC4CCCC5CC5C4)n3)s2)nc1. The van der Waals surface area contributed by atoms with Crippen molar-refractivity contribution in [2.24, 2.45) is 11.8 Å². The van der Waals surface area contributed by atoms with Crippen LogP contribution in [0.2, 0.25) is 0 Å². The van der Waals surface area contributed by atoms with E-state index in [1.165, 1.54) is 30.6 Å². The van der Waals surface area contributed by atoms with Gasteiger partial charge >= 0.3 is 6.01 Å². The molecular weight excluding hydrogens is 358 g/mol. The molecule has 3 heterocycles. The Labute approximate surface area is 162 Å². The molecule has 3 unspecified atom stereocenters. The van der Waals surface area contributed by atoms with E-state index in [2.05, 4.69) is 25.3 Å². The van der Waals surface area contributed by atoms with Crippen LogP contribution in [0.4, 0.5) is 10.9 Å². The van der Waals surface area contributed by atoms with Gasteiger partial charge in [-0.15, -0.1) is 0 Å². The minimum Gasteiger partial charge on any atom is -0.460 e. The molecule has 0 radical (unpaired) electrons. The van der Waals surface area contributed by atoms with E-state index >= 15 is 0 Å². The maximum atomic E-state index is 6.13. The Morgan fingerprint density at radius 3 is 2.93 bits per heavy atom. The predicted molar refractivity (Wildman–Crippen MR) is 105 cm³/mol. The Bertz CT molecular complexity index is 916. The number of anilines is 2. The van der Waals surface area contributed by atoms with Crippen LogP contribution in [-0.2, 0) is 0 Å². The van der Waals surface area contributed by atoms with Crippen LogP contribution in [0.3, 0.4) is 0 Å². The third-order valence-electron chi connectivity index (χ3n) is 5.30. The Hall–Kier alpha value is -2.54. The zero-order chi connectivity index (χ0) is 18.1. The number of ether oxygens (including phenoxy) is 1. The van der Waals surface area contributed by atoms with Crippen molar-refractivity contribution in [3.05, 3.63) is 42.9 Å². The number of hydrogen-bond acceptors (Lipinski definition) is 7. The van der Waals surface area contributed by atoms with E-state index in [1.807, 2.05) is 30.5 Å². The third-order valence-corrected chi connectivity index (χ3v) is 6.23. The normalized spacial score (nSPS) is 23.9. The number of fused-ring (bicyclic) bond motifs is 1. The first kappa shape index (κ1) is 16.6. The molecular formula is C20H21N5OS. The van der Waals surface area contributed by atoms with Crippen molar-refractivity contribution in [1.29, 1.82) is 0 Å². The van der Waals surface area contributed by atoms with Crippen LogP contribution < -0.4 is 10.1 Å². The number of aromatic nitrogens is 4. The summed E-state index contributed by atoms with van der Waals surface area (Å²) in [6, 6.07) is 8.11. The fraction of sp³-hybridized carbons (Fsp3) is 0.400. The molecule has 0 spiro atoms. The highest BCUT2D eigenvalue weighted by atomic mass is 32.1.